The maximum absolute atomic E-state index is 5.19. The highest BCUT2D eigenvalue weighted by atomic mass is 16.5. The van der Waals surface area contributed by atoms with Gasteiger partial charge in [0.15, 0.2) is 0 Å². The van der Waals surface area contributed by atoms with E-state index in [1.54, 1.807) is 7.11 Å². The molecule has 0 bridgehead atoms. The zero-order valence-corrected chi connectivity index (χ0v) is 15.3. The van der Waals surface area contributed by atoms with E-state index < -0.39 is 0 Å². The minimum absolute atomic E-state index is 0.754. The number of methoxy groups -OCH3 is 1. The largest absolute Gasteiger partial charge is 0.497 e. The number of benzene rings is 2. The SMILES string of the molecule is COc1ccc(C(C)=NNc2cc(C)c3cc(C)cc(C)c3n2)cc1. The number of hydrogen-bond acceptors (Lipinski definition) is 4. The number of fused-ring (bicyclic) bond motifs is 1. The Morgan fingerprint density at radius 1 is 1.00 bits per heavy atom. The standard InChI is InChI=1S/C21H23N3O/c1-13-10-15(3)21-19(11-13)14(2)12-20(22-21)24-23-16(4)17-6-8-18(25-5)9-7-17/h6-12H,1-5H3,(H,22,24). The van der Waals surface area contributed by atoms with Gasteiger partial charge in [-0.15, -0.1) is 0 Å². The molecule has 0 atom stereocenters. The zero-order valence-electron chi connectivity index (χ0n) is 15.3. The highest BCUT2D eigenvalue weighted by molar-refractivity contribution is 5.99. The smallest absolute Gasteiger partial charge is 0.147 e. The molecule has 4 nitrogen and oxygen atoms in total. The van der Waals surface area contributed by atoms with Crippen LogP contribution in [0.4, 0.5) is 5.82 Å². The molecule has 0 fully saturated rings. The molecule has 0 aliphatic carbocycles. The number of rotatable bonds is 4. The van der Waals surface area contributed by atoms with Crippen LogP contribution in [0.15, 0.2) is 47.6 Å². The number of pyridine rings is 1. The third-order valence-electron chi connectivity index (χ3n) is 4.30. The van der Waals surface area contributed by atoms with E-state index in [0.29, 0.717) is 0 Å². The molecule has 1 aromatic heterocycles. The quantitative estimate of drug-likeness (QED) is 0.539. The van der Waals surface area contributed by atoms with Crippen molar-refractivity contribution in [2.75, 3.05) is 12.5 Å². The topological polar surface area (TPSA) is 46.5 Å². The number of anilines is 1. The fraction of sp³-hybridized carbons (Fsp3) is 0.238. The van der Waals surface area contributed by atoms with Crippen molar-refractivity contribution in [1.82, 2.24) is 4.98 Å². The van der Waals surface area contributed by atoms with Crippen LogP contribution in [0, 0.1) is 20.8 Å². The first-order valence-corrected chi connectivity index (χ1v) is 8.31. The van der Waals surface area contributed by atoms with Crippen LogP contribution >= 0.6 is 0 Å². The molecule has 1 heterocycles. The molecule has 0 aliphatic heterocycles. The van der Waals surface area contributed by atoms with Crippen LogP contribution in [0.5, 0.6) is 5.75 Å². The molecule has 3 aromatic rings. The molecule has 0 saturated heterocycles. The van der Waals surface area contributed by atoms with Crippen LogP contribution in [0.2, 0.25) is 0 Å². The summed E-state index contributed by atoms with van der Waals surface area (Å²) in [6.07, 6.45) is 0. The van der Waals surface area contributed by atoms with Gasteiger partial charge >= 0.3 is 0 Å². The summed E-state index contributed by atoms with van der Waals surface area (Å²) < 4.78 is 5.19. The molecule has 0 aliphatic rings. The molecule has 0 radical (unpaired) electrons. The third-order valence-corrected chi connectivity index (χ3v) is 4.30. The second-order valence-electron chi connectivity index (χ2n) is 6.34. The van der Waals surface area contributed by atoms with E-state index in [2.05, 4.69) is 43.4 Å². The van der Waals surface area contributed by atoms with Crippen molar-refractivity contribution in [3.8, 4) is 5.75 Å². The lowest BCUT2D eigenvalue weighted by molar-refractivity contribution is 0.415. The van der Waals surface area contributed by atoms with Crippen molar-refractivity contribution >= 4 is 22.4 Å². The van der Waals surface area contributed by atoms with Crippen molar-refractivity contribution in [3.05, 3.63) is 64.7 Å². The molecule has 4 heteroatoms. The van der Waals surface area contributed by atoms with E-state index in [1.165, 1.54) is 22.1 Å². The number of aromatic nitrogens is 1. The van der Waals surface area contributed by atoms with Gasteiger partial charge in [0, 0.05) is 5.39 Å². The average molecular weight is 333 g/mol. The molecule has 0 amide bonds. The average Bonchev–Trinajstić information content (AvgIpc) is 2.60. The second kappa shape index (κ2) is 6.93. The van der Waals surface area contributed by atoms with Gasteiger partial charge in [-0.3, -0.25) is 5.43 Å². The van der Waals surface area contributed by atoms with E-state index >= 15 is 0 Å². The molecule has 25 heavy (non-hydrogen) atoms. The number of aryl methyl sites for hydroxylation is 3. The van der Waals surface area contributed by atoms with E-state index in [-0.39, 0.29) is 0 Å². The van der Waals surface area contributed by atoms with Gasteiger partial charge in [-0.1, -0.05) is 11.6 Å². The summed E-state index contributed by atoms with van der Waals surface area (Å²) in [5, 5.41) is 5.67. The second-order valence-corrected chi connectivity index (χ2v) is 6.34. The van der Waals surface area contributed by atoms with E-state index in [1.807, 2.05) is 37.3 Å². The summed E-state index contributed by atoms with van der Waals surface area (Å²) in [7, 11) is 1.66. The van der Waals surface area contributed by atoms with Gasteiger partial charge in [-0.05, 0) is 80.8 Å². The minimum atomic E-state index is 0.754. The molecular formula is C21H23N3O. The van der Waals surface area contributed by atoms with E-state index in [4.69, 9.17) is 9.72 Å². The lowest BCUT2D eigenvalue weighted by atomic mass is 10.0. The molecule has 0 unspecified atom stereocenters. The minimum Gasteiger partial charge on any atom is -0.497 e. The van der Waals surface area contributed by atoms with Gasteiger partial charge in [-0.25, -0.2) is 4.98 Å². The van der Waals surface area contributed by atoms with Crippen LogP contribution in [0.1, 0.15) is 29.2 Å². The fourth-order valence-electron chi connectivity index (χ4n) is 2.94. The number of nitrogens with one attached hydrogen (secondary N) is 1. The Morgan fingerprint density at radius 2 is 1.72 bits per heavy atom. The molecule has 3 rings (SSSR count). The number of hydrogen-bond donors (Lipinski definition) is 1. The fourth-order valence-corrected chi connectivity index (χ4v) is 2.94. The summed E-state index contributed by atoms with van der Waals surface area (Å²) in [5.74, 6) is 1.59. The van der Waals surface area contributed by atoms with E-state index in [9.17, 15) is 0 Å². The summed E-state index contributed by atoms with van der Waals surface area (Å²) in [6, 6.07) is 14.2. The number of nitrogens with zero attached hydrogens (tertiary/aromatic N) is 2. The maximum Gasteiger partial charge on any atom is 0.147 e. The van der Waals surface area contributed by atoms with Crippen molar-refractivity contribution in [2.45, 2.75) is 27.7 Å². The van der Waals surface area contributed by atoms with Crippen LogP contribution in [0.3, 0.4) is 0 Å². The number of hydrazone groups is 1. The lowest BCUT2D eigenvalue weighted by Gasteiger charge is -2.10. The maximum atomic E-state index is 5.19. The Morgan fingerprint density at radius 3 is 2.40 bits per heavy atom. The van der Waals surface area contributed by atoms with Crippen molar-refractivity contribution in [2.24, 2.45) is 5.10 Å². The summed E-state index contributed by atoms with van der Waals surface area (Å²) in [5.41, 5.74) is 9.67. The first kappa shape index (κ1) is 17.0. The summed E-state index contributed by atoms with van der Waals surface area (Å²) in [4.78, 5) is 4.73. The first-order valence-electron chi connectivity index (χ1n) is 8.31. The Bertz CT molecular complexity index is 944. The monoisotopic (exact) mass is 333 g/mol. The predicted molar refractivity (Wildman–Crippen MR) is 105 cm³/mol. The van der Waals surface area contributed by atoms with Gasteiger partial charge in [0.05, 0.1) is 18.3 Å². The van der Waals surface area contributed by atoms with Gasteiger partial charge in [0.2, 0.25) is 0 Å². The van der Waals surface area contributed by atoms with Gasteiger partial charge < -0.3 is 4.74 Å². The van der Waals surface area contributed by atoms with Crippen molar-refractivity contribution in [1.29, 1.82) is 0 Å². The Hall–Kier alpha value is -2.88. The summed E-state index contributed by atoms with van der Waals surface area (Å²) in [6.45, 7) is 8.28. The first-order chi connectivity index (χ1) is 12.0. The Labute approximate surface area is 148 Å². The van der Waals surface area contributed by atoms with Crippen LogP contribution in [0.25, 0.3) is 10.9 Å². The molecular weight excluding hydrogens is 310 g/mol. The zero-order chi connectivity index (χ0) is 18.0. The third kappa shape index (κ3) is 3.63. The van der Waals surface area contributed by atoms with E-state index in [0.717, 1.165) is 28.4 Å². The van der Waals surface area contributed by atoms with Gasteiger partial charge in [0.1, 0.15) is 11.6 Å². The van der Waals surface area contributed by atoms with Crippen LogP contribution < -0.4 is 10.2 Å². The molecule has 128 valence electrons. The lowest BCUT2D eigenvalue weighted by Crippen LogP contribution is -2.02. The van der Waals surface area contributed by atoms with Crippen LogP contribution in [-0.4, -0.2) is 17.8 Å². The normalized spacial score (nSPS) is 11.6. The number of ether oxygens (including phenoxy) is 1. The predicted octanol–water partition coefficient (Wildman–Crippen LogP) is 5.00. The molecule has 2 aromatic carbocycles. The van der Waals surface area contributed by atoms with Gasteiger partial charge in [0.25, 0.3) is 0 Å². The summed E-state index contributed by atoms with van der Waals surface area (Å²) >= 11 is 0. The molecule has 0 saturated carbocycles. The van der Waals surface area contributed by atoms with Gasteiger partial charge in [-0.2, -0.15) is 5.10 Å². The highest BCUT2D eigenvalue weighted by Gasteiger charge is 2.06. The highest BCUT2D eigenvalue weighted by Crippen LogP contribution is 2.24. The van der Waals surface area contributed by atoms with Crippen LogP contribution in [-0.2, 0) is 0 Å². The van der Waals surface area contributed by atoms with Crippen molar-refractivity contribution in [3.63, 3.8) is 0 Å². The Balaban J connectivity index is 1.89. The van der Waals surface area contributed by atoms with Crippen molar-refractivity contribution < 1.29 is 4.74 Å². The molecule has 1 N–H and O–H groups in total. The Kier molecular flexibility index (Phi) is 4.70. The molecule has 0 spiro atoms.